The minimum atomic E-state index is -0.601. The predicted molar refractivity (Wildman–Crippen MR) is 111 cm³/mol. The molecule has 1 heterocycles. The largest absolute Gasteiger partial charge is 0.448 e. The van der Waals surface area contributed by atoms with E-state index in [1.165, 1.54) is 16.7 Å². The lowest BCUT2D eigenvalue weighted by Gasteiger charge is -2.45. The van der Waals surface area contributed by atoms with Gasteiger partial charge < -0.3 is 10.5 Å². The SMILES string of the molecule is CS[C@@H]1[C@H](N)C(=O)N1C(C(=O)OC(c1ccccc1)c1ccccc1)=C(C)C. The van der Waals surface area contributed by atoms with E-state index < -0.39 is 18.1 Å². The molecule has 1 aliphatic rings. The van der Waals surface area contributed by atoms with E-state index in [1.807, 2.05) is 66.9 Å². The summed E-state index contributed by atoms with van der Waals surface area (Å²) >= 11 is 1.44. The highest BCUT2D eigenvalue weighted by molar-refractivity contribution is 7.99. The lowest BCUT2D eigenvalue weighted by Crippen LogP contribution is -2.67. The molecule has 1 aliphatic heterocycles. The van der Waals surface area contributed by atoms with Gasteiger partial charge in [0.25, 0.3) is 0 Å². The van der Waals surface area contributed by atoms with E-state index in [9.17, 15) is 9.59 Å². The van der Waals surface area contributed by atoms with Crippen LogP contribution in [0.3, 0.4) is 0 Å². The first-order valence-electron chi connectivity index (χ1n) is 9.05. The molecular formula is C22H24N2O3S. The van der Waals surface area contributed by atoms with Gasteiger partial charge in [-0.05, 0) is 36.8 Å². The molecule has 3 rings (SSSR count). The summed E-state index contributed by atoms with van der Waals surface area (Å²) in [5.74, 6) is -0.791. The average Bonchev–Trinajstić information content (AvgIpc) is 2.72. The molecule has 0 unspecified atom stereocenters. The summed E-state index contributed by atoms with van der Waals surface area (Å²) in [5.41, 5.74) is 8.61. The van der Waals surface area contributed by atoms with Crippen molar-refractivity contribution >= 4 is 23.6 Å². The number of likely N-dealkylation sites (tertiary alicyclic amines) is 1. The Hall–Kier alpha value is -2.57. The maximum Gasteiger partial charge on any atom is 0.355 e. The molecule has 0 spiro atoms. The summed E-state index contributed by atoms with van der Waals surface area (Å²) in [6.45, 7) is 3.59. The summed E-state index contributed by atoms with van der Waals surface area (Å²) in [6, 6.07) is 18.5. The van der Waals surface area contributed by atoms with Crippen molar-refractivity contribution in [3.05, 3.63) is 83.1 Å². The molecule has 2 aromatic carbocycles. The fraction of sp³-hybridized carbons (Fsp3) is 0.273. The first kappa shape index (κ1) is 20.2. The van der Waals surface area contributed by atoms with Gasteiger partial charge in [-0.15, -0.1) is 11.8 Å². The van der Waals surface area contributed by atoms with Crippen molar-refractivity contribution in [2.45, 2.75) is 31.4 Å². The Bertz CT molecular complexity index is 840. The normalized spacial score (nSPS) is 18.6. The first-order valence-corrected chi connectivity index (χ1v) is 10.3. The number of nitrogens with two attached hydrogens (primary N) is 1. The minimum Gasteiger partial charge on any atom is -0.448 e. The van der Waals surface area contributed by atoms with Crippen LogP contribution in [0.5, 0.6) is 0 Å². The number of benzene rings is 2. The monoisotopic (exact) mass is 396 g/mol. The Labute approximate surface area is 169 Å². The number of hydrogen-bond acceptors (Lipinski definition) is 5. The number of esters is 1. The third kappa shape index (κ3) is 3.84. The number of carbonyl (C=O) groups is 2. The highest BCUT2D eigenvalue weighted by Crippen LogP contribution is 2.34. The van der Waals surface area contributed by atoms with Crippen LogP contribution in [0.2, 0.25) is 0 Å². The van der Waals surface area contributed by atoms with Crippen molar-refractivity contribution in [3.63, 3.8) is 0 Å². The summed E-state index contributed by atoms with van der Waals surface area (Å²) < 4.78 is 5.94. The second-order valence-electron chi connectivity index (χ2n) is 6.82. The zero-order valence-corrected chi connectivity index (χ0v) is 17.0. The van der Waals surface area contributed by atoms with Crippen molar-refractivity contribution < 1.29 is 14.3 Å². The van der Waals surface area contributed by atoms with Crippen LogP contribution in [0.4, 0.5) is 0 Å². The van der Waals surface area contributed by atoms with Gasteiger partial charge in [-0.1, -0.05) is 60.7 Å². The number of β-lactam (4-membered cyclic amide) rings is 1. The smallest absolute Gasteiger partial charge is 0.355 e. The van der Waals surface area contributed by atoms with Crippen LogP contribution >= 0.6 is 11.8 Å². The summed E-state index contributed by atoms with van der Waals surface area (Å²) in [6.07, 6.45) is 1.30. The van der Waals surface area contributed by atoms with E-state index in [4.69, 9.17) is 10.5 Å². The molecule has 0 saturated carbocycles. The number of amides is 1. The zero-order chi connectivity index (χ0) is 20.3. The molecule has 0 radical (unpaired) electrons. The second kappa shape index (κ2) is 8.63. The van der Waals surface area contributed by atoms with Crippen LogP contribution in [0.25, 0.3) is 0 Å². The van der Waals surface area contributed by atoms with Gasteiger partial charge in [0.2, 0.25) is 5.91 Å². The van der Waals surface area contributed by atoms with Crippen molar-refractivity contribution in [3.8, 4) is 0 Å². The van der Waals surface area contributed by atoms with Gasteiger partial charge in [-0.2, -0.15) is 0 Å². The Balaban J connectivity index is 1.93. The summed E-state index contributed by atoms with van der Waals surface area (Å²) in [7, 11) is 0. The molecule has 0 bridgehead atoms. The molecule has 2 aromatic rings. The van der Waals surface area contributed by atoms with Crippen LogP contribution in [0.15, 0.2) is 71.9 Å². The summed E-state index contributed by atoms with van der Waals surface area (Å²) in [4.78, 5) is 27.0. The van der Waals surface area contributed by atoms with Gasteiger partial charge in [0.15, 0.2) is 6.10 Å². The molecule has 1 saturated heterocycles. The Kier molecular flexibility index (Phi) is 6.21. The fourth-order valence-corrected chi connectivity index (χ4v) is 4.10. The van der Waals surface area contributed by atoms with E-state index in [0.717, 1.165) is 11.1 Å². The highest BCUT2D eigenvalue weighted by Gasteiger charge is 2.48. The van der Waals surface area contributed by atoms with E-state index in [-0.39, 0.29) is 17.0 Å². The van der Waals surface area contributed by atoms with Gasteiger partial charge >= 0.3 is 5.97 Å². The van der Waals surface area contributed by atoms with E-state index in [2.05, 4.69) is 0 Å². The standard InChI is InChI=1S/C22H24N2O3S/c1-14(2)18(24-20(25)17(23)21(24)28-3)22(26)27-19(15-10-6-4-7-11-15)16-12-8-5-9-13-16/h4-13,17,19,21H,23H2,1-3H3/t17-,21-/m1/s1. The maximum atomic E-state index is 13.2. The van der Waals surface area contributed by atoms with Gasteiger partial charge in [-0.3, -0.25) is 9.69 Å². The molecule has 28 heavy (non-hydrogen) atoms. The highest BCUT2D eigenvalue weighted by atomic mass is 32.2. The van der Waals surface area contributed by atoms with Crippen LogP contribution in [-0.2, 0) is 14.3 Å². The minimum absolute atomic E-state index is 0.261. The fourth-order valence-electron chi connectivity index (χ4n) is 3.27. The number of thioether (sulfide) groups is 1. The number of rotatable bonds is 6. The third-order valence-electron chi connectivity index (χ3n) is 4.66. The zero-order valence-electron chi connectivity index (χ0n) is 16.2. The lowest BCUT2D eigenvalue weighted by atomic mass is 10.0. The third-order valence-corrected chi connectivity index (χ3v) is 5.65. The number of carbonyl (C=O) groups excluding carboxylic acids is 2. The molecular weight excluding hydrogens is 372 g/mol. The van der Waals surface area contributed by atoms with E-state index in [0.29, 0.717) is 5.57 Å². The molecule has 0 aromatic heterocycles. The number of ether oxygens (including phenoxy) is 1. The van der Waals surface area contributed by atoms with Gasteiger partial charge in [0, 0.05) is 0 Å². The van der Waals surface area contributed by atoms with Crippen LogP contribution in [-0.4, -0.2) is 34.4 Å². The first-order chi connectivity index (χ1) is 13.5. The Morgan fingerprint density at radius 1 is 1.04 bits per heavy atom. The maximum absolute atomic E-state index is 13.2. The van der Waals surface area contributed by atoms with Gasteiger partial charge in [0.05, 0.1) is 0 Å². The van der Waals surface area contributed by atoms with Gasteiger partial charge in [0.1, 0.15) is 17.1 Å². The van der Waals surface area contributed by atoms with Crippen LogP contribution in [0.1, 0.15) is 31.1 Å². The van der Waals surface area contributed by atoms with Crippen molar-refractivity contribution in [1.29, 1.82) is 0 Å². The molecule has 1 amide bonds. The Morgan fingerprint density at radius 3 is 1.96 bits per heavy atom. The topological polar surface area (TPSA) is 72.6 Å². The number of hydrogen-bond donors (Lipinski definition) is 1. The quantitative estimate of drug-likeness (QED) is 0.460. The van der Waals surface area contributed by atoms with Crippen molar-refractivity contribution in [2.24, 2.45) is 5.73 Å². The van der Waals surface area contributed by atoms with Crippen LogP contribution in [0, 0.1) is 0 Å². The predicted octanol–water partition coefficient (Wildman–Crippen LogP) is 3.47. The van der Waals surface area contributed by atoms with Gasteiger partial charge in [-0.25, -0.2) is 4.79 Å². The molecule has 2 N–H and O–H groups in total. The summed E-state index contributed by atoms with van der Waals surface area (Å²) in [5, 5.41) is -0.267. The van der Waals surface area contributed by atoms with E-state index >= 15 is 0 Å². The molecule has 146 valence electrons. The molecule has 2 atom stereocenters. The molecule has 1 fully saturated rings. The molecule has 5 nitrogen and oxygen atoms in total. The van der Waals surface area contributed by atoms with Crippen LogP contribution < -0.4 is 5.73 Å². The lowest BCUT2D eigenvalue weighted by molar-refractivity contribution is -0.152. The van der Waals surface area contributed by atoms with Crippen molar-refractivity contribution in [2.75, 3.05) is 6.26 Å². The molecule has 0 aliphatic carbocycles. The second-order valence-corrected chi connectivity index (χ2v) is 7.77. The van der Waals surface area contributed by atoms with Crippen molar-refractivity contribution in [1.82, 2.24) is 4.90 Å². The Morgan fingerprint density at radius 2 is 1.54 bits per heavy atom. The average molecular weight is 397 g/mol. The van der Waals surface area contributed by atoms with E-state index in [1.54, 1.807) is 13.8 Å². The number of allylic oxidation sites excluding steroid dienone is 1. The number of nitrogens with zero attached hydrogens (tertiary/aromatic N) is 1. The molecule has 6 heteroatoms.